The number of carboxylic acids is 1. The van der Waals surface area contributed by atoms with Crippen molar-refractivity contribution in [2.24, 2.45) is 0 Å². The molecule has 0 aliphatic carbocycles. The number of hydrogen-bond donors (Lipinski definition) is 1. The molecule has 0 fully saturated rings. The summed E-state index contributed by atoms with van der Waals surface area (Å²) in [7, 11) is 0. The molecule has 0 aliphatic heterocycles. The summed E-state index contributed by atoms with van der Waals surface area (Å²) in [6.45, 7) is 0. The van der Waals surface area contributed by atoms with Gasteiger partial charge in [0.05, 0.1) is 18.3 Å². The maximum Gasteiger partial charge on any atom is 0.309 e. The molecule has 0 unspecified atom stereocenters. The molecule has 1 N–H and O–H groups in total. The van der Waals surface area contributed by atoms with Crippen molar-refractivity contribution in [1.29, 1.82) is 0 Å². The van der Waals surface area contributed by atoms with Crippen LogP contribution in [0.3, 0.4) is 0 Å². The monoisotopic (exact) mass is 277 g/mol. The third-order valence-corrected chi connectivity index (χ3v) is 3.49. The van der Waals surface area contributed by atoms with Crippen molar-refractivity contribution >= 4 is 22.3 Å². The number of halogens is 1. The standard InChI is InChI=1S/C12H8FN3O2S/c13-8-3-1-7(2-4-8)11-15-16-6-9(5-10(17)18)14-12(16)19-11/h1-4,6H,5H2,(H,17,18). The quantitative estimate of drug-likeness (QED) is 0.797. The summed E-state index contributed by atoms with van der Waals surface area (Å²) in [4.78, 5) is 15.4. The first-order chi connectivity index (χ1) is 9.11. The number of nitrogens with zero attached hydrogens (tertiary/aromatic N) is 3. The number of imidazole rings is 1. The number of hydrogen-bond acceptors (Lipinski definition) is 4. The number of aromatic nitrogens is 3. The van der Waals surface area contributed by atoms with Crippen LogP contribution >= 0.6 is 11.3 Å². The van der Waals surface area contributed by atoms with Crippen LogP contribution in [0.4, 0.5) is 4.39 Å². The number of aliphatic carboxylic acids is 1. The molecule has 19 heavy (non-hydrogen) atoms. The average molecular weight is 277 g/mol. The fraction of sp³-hybridized carbons (Fsp3) is 0.0833. The zero-order valence-electron chi connectivity index (χ0n) is 9.58. The molecule has 5 nitrogen and oxygen atoms in total. The van der Waals surface area contributed by atoms with E-state index in [2.05, 4.69) is 10.1 Å². The predicted octanol–water partition coefficient (Wildman–Crippen LogP) is 2.22. The minimum absolute atomic E-state index is 0.123. The van der Waals surface area contributed by atoms with Crippen LogP contribution in [0.1, 0.15) is 5.69 Å². The molecular formula is C12H8FN3O2S. The van der Waals surface area contributed by atoms with Gasteiger partial charge in [0.2, 0.25) is 4.96 Å². The summed E-state index contributed by atoms with van der Waals surface area (Å²) in [5.74, 6) is -1.22. The Kier molecular flexibility index (Phi) is 2.75. The van der Waals surface area contributed by atoms with Gasteiger partial charge in [-0.1, -0.05) is 11.3 Å². The van der Waals surface area contributed by atoms with E-state index in [1.165, 1.54) is 23.5 Å². The van der Waals surface area contributed by atoms with Gasteiger partial charge in [-0.3, -0.25) is 4.79 Å². The molecule has 0 saturated heterocycles. The number of fused-ring (bicyclic) bond motifs is 1. The van der Waals surface area contributed by atoms with Crippen LogP contribution < -0.4 is 0 Å². The second-order valence-electron chi connectivity index (χ2n) is 3.94. The normalized spacial score (nSPS) is 11.0. The summed E-state index contributed by atoms with van der Waals surface area (Å²) >= 11 is 1.33. The van der Waals surface area contributed by atoms with Crippen molar-refractivity contribution in [3.05, 3.63) is 42.0 Å². The third kappa shape index (κ3) is 2.32. The molecule has 0 bridgehead atoms. The van der Waals surface area contributed by atoms with Crippen molar-refractivity contribution in [3.63, 3.8) is 0 Å². The van der Waals surface area contributed by atoms with Crippen molar-refractivity contribution in [3.8, 4) is 10.6 Å². The van der Waals surface area contributed by atoms with Gasteiger partial charge in [-0.15, -0.1) is 0 Å². The maximum atomic E-state index is 12.8. The smallest absolute Gasteiger partial charge is 0.309 e. The first kappa shape index (κ1) is 11.8. The topological polar surface area (TPSA) is 67.5 Å². The third-order valence-electron chi connectivity index (χ3n) is 2.52. The Morgan fingerprint density at radius 3 is 2.74 bits per heavy atom. The van der Waals surface area contributed by atoms with Gasteiger partial charge in [-0.25, -0.2) is 13.9 Å². The van der Waals surface area contributed by atoms with Gasteiger partial charge in [0, 0.05) is 5.56 Å². The van der Waals surface area contributed by atoms with E-state index in [1.807, 2.05) is 0 Å². The van der Waals surface area contributed by atoms with Crippen LogP contribution in [-0.2, 0) is 11.2 Å². The zero-order chi connectivity index (χ0) is 13.4. The molecule has 0 saturated carbocycles. The highest BCUT2D eigenvalue weighted by molar-refractivity contribution is 7.19. The second-order valence-corrected chi connectivity index (χ2v) is 4.90. The van der Waals surface area contributed by atoms with Crippen molar-refractivity contribution in [1.82, 2.24) is 14.6 Å². The summed E-state index contributed by atoms with van der Waals surface area (Å²) in [6.07, 6.45) is 1.47. The molecular weight excluding hydrogens is 269 g/mol. The highest BCUT2D eigenvalue weighted by Crippen LogP contribution is 2.25. The summed E-state index contributed by atoms with van der Waals surface area (Å²) in [6, 6.07) is 6.03. The molecule has 0 aliphatic rings. The molecule has 1 aromatic carbocycles. The lowest BCUT2D eigenvalue weighted by Crippen LogP contribution is -1.99. The summed E-state index contributed by atoms with van der Waals surface area (Å²) in [5, 5.41) is 13.7. The summed E-state index contributed by atoms with van der Waals surface area (Å²) < 4.78 is 14.4. The molecule has 0 amide bonds. The fourth-order valence-corrected chi connectivity index (χ4v) is 2.60. The largest absolute Gasteiger partial charge is 0.481 e. The maximum absolute atomic E-state index is 12.8. The minimum atomic E-state index is -0.926. The number of rotatable bonds is 3. The van der Waals surface area contributed by atoms with E-state index in [0.29, 0.717) is 15.7 Å². The number of carboxylic acid groups (broad SMARTS) is 1. The van der Waals surface area contributed by atoms with Gasteiger partial charge in [-0.2, -0.15) is 5.10 Å². The first-order valence-corrected chi connectivity index (χ1v) is 6.26. The highest BCUT2D eigenvalue weighted by Gasteiger charge is 2.11. The van der Waals surface area contributed by atoms with E-state index < -0.39 is 5.97 Å². The molecule has 2 heterocycles. The van der Waals surface area contributed by atoms with E-state index in [-0.39, 0.29) is 12.2 Å². The van der Waals surface area contributed by atoms with Crippen molar-refractivity contribution in [2.45, 2.75) is 6.42 Å². The van der Waals surface area contributed by atoms with Crippen LogP contribution in [0.5, 0.6) is 0 Å². The molecule has 3 aromatic rings. The lowest BCUT2D eigenvalue weighted by atomic mass is 10.2. The van der Waals surface area contributed by atoms with Gasteiger partial charge >= 0.3 is 5.97 Å². The number of carbonyl (C=O) groups is 1. The molecule has 0 spiro atoms. The van der Waals surface area contributed by atoms with E-state index in [4.69, 9.17) is 5.11 Å². The molecule has 3 rings (SSSR count). The number of benzene rings is 1. The van der Waals surface area contributed by atoms with E-state index in [1.54, 1.807) is 22.8 Å². The van der Waals surface area contributed by atoms with Crippen LogP contribution in [-0.4, -0.2) is 25.7 Å². The Balaban J connectivity index is 1.96. The highest BCUT2D eigenvalue weighted by atomic mass is 32.1. The fourth-order valence-electron chi connectivity index (χ4n) is 1.69. The second kappa shape index (κ2) is 4.43. The Bertz CT molecular complexity index is 717. The van der Waals surface area contributed by atoms with E-state index in [0.717, 1.165) is 5.56 Å². The van der Waals surface area contributed by atoms with Crippen molar-refractivity contribution < 1.29 is 14.3 Å². The zero-order valence-corrected chi connectivity index (χ0v) is 10.4. The lowest BCUT2D eigenvalue weighted by Gasteiger charge is -1.94. The van der Waals surface area contributed by atoms with Crippen LogP contribution in [0, 0.1) is 5.82 Å². The van der Waals surface area contributed by atoms with Crippen molar-refractivity contribution in [2.75, 3.05) is 0 Å². The molecule has 0 radical (unpaired) electrons. The van der Waals surface area contributed by atoms with Gasteiger partial charge < -0.3 is 5.11 Å². The van der Waals surface area contributed by atoms with Gasteiger partial charge in [0.25, 0.3) is 0 Å². The van der Waals surface area contributed by atoms with Gasteiger partial charge in [0.1, 0.15) is 10.8 Å². The van der Waals surface area contributed by atoms with Crippen LogP contribution in [0.2, 0.25) is 0 Å². The molecule has 2 aromatic heterocycles. The molecule has 0 atom stereocenters. The first-order valence-electron chi connectivity index (χ1n) is 5.44. The average Bonchev–Trinajstić information content (AvgIpc) is 2.86. The van der Waals surface area contributed by atoms with E-state index in [9.17, 15) is 9.18 Å². The Morgan fingerprint density at radius 2 is 2.11 bits per heavy atom. The Hall–Kier alpha value is -2.28. The van der Waals surface area contributed by atoms with Crippen LogP contribution in [0.15, 0.2) is 30.5 Å². The van der Waals surface area contributed by atoms with Gasteiger partial charge in [-0.05, 0) is 24.3 Å². The summed E-state index contributed by atoms with van der Waals surface area (Å²) in [5.41, 5.74) is 1.27. The van der Waals surface area contributed by atoms with E-state index >= 15 is 0 Å². The Labute approximate surface area is 111 Å². The lowest BCUT2D eigenvalue weighted by molar-refractivity contribution is -0.136. The Morgan fingerprint density at radius 1 is 1.37 bits per heavy atom. The minimum Gasteiger partial charge on any atom is -0.481 e. The predicted molar refractivity (Wildman–Crippen MR) is 67.6 cm³/mol. The van der Waals surface area contributed by atoms with Gasteiger partial charge in [0.15, 0.2) is 0 Å². The SMILES string of the molecule is O=C(O)Cc1cn2nc(-c3ccc(F)cc3)sc2n1. The van der Waals surface area contributed by atoms with Crippen LogP contribution in [0.25, 0.3) is 15.5 Å². The molecule has 7 heteroatoms. The molecule has 96 valence electrons.